The largest absolute Gasteiger partial charge is 0.306 e. The molecule has 0 spiro atoms. The van der Waals surface area contributed by atoms with Crippen LogP contribution in [0.15, 0.2) is 67.3 Å². The van der Waals surface area contributed by atoms with E-state index in [2.05, 4.69) is 46.3 Å². The van der Waals surface area contributed by atoms with E-state index >= 15 is 0 Å². The minimum absolute atomic E-state index is 0.689. The van der Waals surface area contributed by atoms with Crippen LogP contribution in [0.1, 0.15) is 24.0 Å². The van der Waals surface area contributed by atoms with Crippen LogP contribution < -0.4 is 0 Å². The standard InChI is InChI=1S/C20H20ClN3/c21-20-4-2-1-3-17(20)14-24(19-9-10-19)13-16-5-7-18(8-6-16)23-12-11-22-15-23/h1-8,11-12,15,19H,9-10,13-14H2. The first-order valence-electron chi connectivity index (χ1n) is 8.34. The molecule has 0 amide bonds. The zero-order chi connectivity index (χ0) is 16.4. The van der Waals surface area contributed by atoms with Crippen LogP contribution in [0.25, 0.3) is 5.69 Å². The Hall–Kier alpha value is -2.10. The van der Waals surface area contributed by atoms with Crippen LogP contribution in [-0.2, 0) is 13.1 Å². The van der Waals surface area contributed by atoms with Crippen molar-refractivity contribution in [3.05, 3.63) is 83.4 Å². The fourth-order valence-corrected chi connectivity index (χ4v) is 3.21. The molecule has 1 saturated carbocycles. The Morgan fingerprint density at radius 2 is 1.83 bits per heavy atom. The van der Waals surface area contributed by atoms with Crippen LogP contribution in [0.3, 0.4) is 0 Å². The Morgan fingerprint density at radius 1 is 1.04 bits per heavy atom. The summed E-state index contributed by atoms with van der Waals surface area (Å²) >= 11 is 6.34. The molecule has 1 aliphatic rings. The highest BCUT2D eigenvalue weighted by atomic mass is 35.5. The third kappa shape index (κ3) is 3.53. The predicted molar refractivity (Wildman–Crippen MR) is 97.3 cm³/mol. The summed E-state index contributed by atoms with van der Waals surface area (Å²) in [6.45, 7) is 1.87. The van der Waals surface area contributed by atoms with Gasteiger partial charge >= 0.3 is 0 Å². The molecule has 4 heteroatoms. The number of hydrogen-bond donors (Lipinski definition) is 0. The maximum Gasteiger partial charge on any atom is 0.0991 e. The SMILES string of the molecule is Clc1ccccc1CN(Cc1ccc(-n2ccnc2)cc1)C1CC1. The van der Waals surface area contributed by atoms with E-state index in [1.54, 1.807) is 6.20 Å². The molecule has 3 nitrogen and oxygen atoms in total. The molecule has 3 aromatic rings. The fraction of sp³-hybridized carbons (Fsp3) is 0.250. The molecule has 1 heterocycles. The summed E-state index contributed by atoms with van der Waals surface area (Å²) in [5.74, 6) is 0. The van der Waals surface area contributed by atoms with E-state index in [0.29, 0.717) is 6.04 Å². The van der Waals surface area contributed by atoms with Crippen molar-refractivity contribution >= 4 is 11.6 Å². The van der Waals surface area contributed by atoms with Crippen molar-refractivity contribution in [1.29, 1.82) is 0 Å². The van der Waals surface area contributed by atoms with Gasteiger partial charge in [-0.15, -0.1) is 0 Å². The lowest BCUT2D eigenvalue weighted by Gasteiger charge is -2.23. The monoisotopic (exact) mass is 337 g/mol. The zero-order valence-corrected chi connectivity index (χ0v) is 14.2. The zero-order valence-electron chi connectivity index (χ0n) is 13.5. The second-order valence-corrected chi connectivity index (χ2v) is 6.77. The Bertz CT molecular complexity index is 792. The van der Waals surface area contributed by atoms with E-state index in [9.17, 15) is 0 Å². The van der Waals surface area contributed by atoms with Crippen molar-refractivity contribution in [2.24, 2.45) is 0 Å². The maximum atomic E-state index is 6.34. The molecule has 0 atom stereocenters. The second kappa shape index (κ2) is 6.80. The van der Waals surface area contributed by atoms with Gasteiger partial charge < -0.3 is 4.57 Å². The fourth-order valence-electron chi connectivity index (χ4n) is 3.02. The van der Waals surface area contributed by atoms with Crippen molar-refractivity contribution in [1.82, 2.24) is 14.5 Å². The molecule has 0 radical (unpaired) electrons. The third-order valence-electron chi connectivity index (χ3n) is 4.52. The normalized spacial score (nSPS) is 14.2. The molecule has 1 fully saturated rings. The van der Waals surface area contributed by atoms with Crippen LogP contribution in [0.4, 0.5) is 0 Å². The average Bonchev–Trinajstić information content (AvgIpc) is 3.31. The van der Waals surface area contributed by atoms with Gasteiger partial charge in [-0.3, -0.25) is 4.90 Å². The average molecular weight is 338 g/mol. The van der Waals surface area contributed by atoms with Crippen molar-refractivity contribution in [3.8, 4) is 5.69 Å². The molecular weight excluding hydrogens is 318 g/mol. The van der Waals surface area contributed by atoms with Crippen molar-refractivity contribution in [2.75, 3.05) is 0 Å². The first-order valence-corrected chi connectivity index (χ1v) is 8.72. The molecule has 0 unspecified atom stereocenters. The van der Waals surface area contributed by atoms with Crippen LogP contribution in [0.2, 0.25) is 5.02 Å². The Kier molecular flexibility index (Phi) is 4.37. The number of nitrogens with zero attached hydrogens (tertiary/aromatic N) is 3. The summed E-state index contributed by atoms with van der Waals surface area (Å²) in [7, 11) is 0. The van der Waals surface area contributed by atoms with Crippen LogP contribution in [0, 0.1) is 0 Å². The number of rotatable bonds is 6. The highest BCUT2D eigenvalue weighted by molar-refractivity contribution is 6.31. The predicted octanol–water partition coefficient (Wildman–Crippen LogP) is 4.69. The van der Waals surface area contributed by atoms with Crippen LogP contribution in [-0.4, -0.2) is 20.5 Å². The van der Waals surface area contributed by atoms with Gasteiger partial charge in [-0.25, -0.2) is 4.98 Å². The molecule has 0 saturated heterocycles. The Balaban J connectivity index is 1.48. The second-order valence-electron chi connectivity index (χ2n) is 6.36. The first kappa shape index (κ1) is 15.4. The smallest absolute Gasteiger partial charge is 0.0991 e. The summed E-state index contributed by atoms with van der Waals surface area (Å²) in [5, 5.41) is 0.860. The van der Waals surface area contributed by atoms with Crippen molar-refractivity contribution < 1.29 is 0 Å². The van der Waals surface area contributed by atoms with E-state index in [-0.39, 0.29) is 0 Å². The van der Waals surface area contributed by atoms with Gasteiger partial charge in [0.15, 0.2) is 0 Å². The van der Waals surface area contributed by atoms with Crippen molar-refractivity contribution in [3.63, 3.8) is 0 Å². The molecule has 4 rings (SSSR count). The van der Waals surface area contributed by atoms with Gasteiger partial charge in [0.1, 0.15) is 0 Å². The minimum atomic E-state index is 0.689. The third-order valence-corrected chi connectivity index (χ3v) is 4.89. The molecule has 0 aliphatic heterocycles. The van der Waals surface area contributed by atoms with Gasteiger partial charge in [-0.2, -0.15) is 0 Å². The molecule has 1 aromatic heterocycles. The van der Waals surface area contributed by atoms with E-state index in [1.807, 2.05) is 29.2 Å². The lowest BCUT2D eigenvalue weighted by Crippen LogP contribution is -2.25. The topological polar surface area (TPSA) is 21.1 Å². The lowest BCUT2D eigenvalue weighted by atomic mass is 10.1. The number of halogens is 1. The van der Waals surface area contributed by atoms with E-state index in [1.165, 1.54) is 24.0 Å². The van der Waals surface area contributed by atoms with Gasteiger partial charge in [0, 0.05) is 42.2 Å². The molecular formula is C20H20ClN3. The molecule has 1 aliphatic carbocycles. The first-order chi connectivity index (χ1) is 11.8. The van der Waals surface area contributed by atoms with Crippen LogP contribution >= 0.6 is 11.6 Å². The van der Waals surface area contributed by atoms with Crippen LogP contribution in [0.5, 0.6) is 0 Å². The summed E-state index contributed by atoms with van der Waals surface area (Å²) < 4.78 is 2.02. The van der Waals surface area contributed by atoms with Gasteiger partial charge in [0.25, 0.3) is 0 Å². The number of aromatic nitrogens is 2. The van der Waals surface area contributed by atoms with Crippen molar-refractivity contribution in [2.45, 2.75) is 32.0 Å². The van der Waals surface area contributed by atoms with Gasteiger partial charge in [0.2, 0.25) is 0 Å². The maximum absolute atomic E-state index is 6.34. The number of hydrogen-bond acceptors (Lipinski definition) is 2. The number of imidazole rings is 1. The lowest BCUT2D eigenvalue weighted by molar-refractivity contribution is 0.246. The van der Waals surface area contributed by atoms with Gasteiger partial charge in [-0.05, 0) is 42.2 Å². The molecule has 0 bridgehead atoms. The molecule has 122 valence electrons. The summed E-state index contributed by atoms with van der Waals surface area (Å²) in [4.78, 5) is 6.63. The molecule has 0 N–H and O–H groups in total. The highest BCUT2D eigenvalue weighted by Gasteiger charge is 2.29. The minimum Gasteiger partial charge on any atom is -0.306 e. The quantitative estimate of drug-likeness (QED) is 0.650. The van der Waals surface area contributed by atoms with E-state index in [0.717, 1.165) is 23.8 Å². The summed E-state index contributed by atoms with van der Waals surface area (Å²) in [6.07, 6.45) is 8.16. The Labute approximate surface area is 147 Å². The van der Waals surface area contributed by atoms with E-state index < -0.39 is 0 Å². The highest BCUT2D eigenvalue weighted by Crippen LogP contribution is 2.31. The van der Waals surface area contributed by atoms with Gasteiger partial charge in [0.05, 0.1) is 6.33 Å². The van der Waals surface area contributed by atoms with Gasteiger partial charge in [-0.1, -0.05) is 41.9 Å². The summed E-state index contributed by atoms with van der Waals surface area (Å²) in [6, 6.07) is 17.6. The summed E-state index contributed by atoms with van der Waals surface area (Å²) in [5.41, 5.74) is 3.68. The molecule has 24 heavy (non-hydrogen) atoms. The number of benzene rings is 2. The Morgan fingerprint density at radius 3 is 2.50 bits per heavy atom. The molecule has 2 aromatic carbocycles. The van der Waals surface area contributed by atoms with E-state index in [4.69, 9.17) is 11.6 Å².